The first kappa shape index (κ1) is 15.6. The quantitative estimate of drug-likeness (QED) is 0.723. The van der Waals surface area contributed by atoms with Crippen LogP contribution in [-0.4, -0.2) is 5.78 Å². The summed E-state index contributed by atoms with van der Waals surface area (Å²) in [5.41, 5.74) is -0.0713. The molecule has 0 saturated carbocycles. The maximum absolute atomic E-state index is 13.8. The zero-order valence-electron chi connectivity index (χ0n) is 10.4. The monoisotopic (exact) mass is 369 g/mol. The highest BCUT2D eigenvalue weighted by molar-refractivity contribution is 9.10. The van der Waals surface area contributed by atoms with Crippen LogP contribution in [0.3, 0.4) is 0 Å². The summed E-state index contributed by atoms with van der Waals surface area (Å²) in [6, 6.07) is 9.05. The molecule has 0 saturated heterocycles. The summed E-state index contributed by atoms with van der Waals surface area (Å²) < 4.78 is 27.3. The van der Waals surface area contributed by atoms with Gasteiger partial charge in [-0.2, -0.15) is 5.26 Å². The topological polar surface area (TPSA) is 40.9 Å². The van der Waals surface area contributed by atoms with Crippen molar-refractivity contribution in [1.82, 2.24) is 0 Å². The molecular weight excluding hydrogens is 364 g/mol. The van der Waals surface area contributed by atoms with Gasteiger partial charge in [0.1, 0.15) is 17.6 Å². The molecule has 0 fully saturated rings. The molecule has 2 aromatic rings. The van der Waals surface area contributed by atoms with E-state index in [9.17, 15) is 18.8 Å². The van der Waals surface area contributed by atoms with E-state index in [4.69, 9.17) is 11.6 Å². The lowest BCUT2D eigenvalue weighted by atomic mass is 9.91. The van der Waals surface area contributed by atoms with Crippen LogP contribution in [0.2, 0.25) is 5.02 Å². The summed E-state index contributed by atoms with van der Waals surface area (Å²) in [5.74, 6) is -3.35. The maximum Gasteiger partial charge on any atom is 0.187 e. The third kappa shape index (κ3) is 3.29. The predicted molar refractivity (Wildman–Crippen MR) is 78.2 cm³/mol. The van der Waals surface area contributed by atoms with Crippen LogP contribution in [0.25, 0.3) is 0 Å². The van der Waals surface area contributed by atoms with Crippen molar-refractivity contribution < 1.29 is 13.6 Å². The molecule has 0 amide bonds. The van der Waals surface area contributed by atoms with Gasteiger partial charge in [0, 0.05) is 9.50 Å². The number of hydrogen-bond acceptors (Lipinski definition) is 2. The first-order valence-corrected chi connectivity index (χ1v) is 6.95. The van der Waals surface area contributed by atoms with Crippen molar-refractivity contribution >= 4 is 33.3 Å². The molecule has 0 heterocycles. The van der Waals surface area contributed by atoms with Crippen LogP contribution in [0.5, 0.6) is 0 Å². The number of nitriles is 1. The third-order valence-electron chi connectivity index (χ3n) is 2.86. The highest BCUT2D eigenvalue weighted by Gasteiger charge is 2.26. The number of hydrogen-bond donors (Lipinski definition) is 0. The molecule has 0 aliphatic heterocycles. The molecule has 6 heteroatoms. The minimum absolute atomic E-state index is 0.0487. The zero-order valence-corrected chi connectivity index (χ0v) is 12.8. The third-order valence-corrected chi connectivity index (χ3v) is 3.68. The zero-order chi connectivity index (χ0) is 15.6. The second-order valence-corrected chi connectivity index (χ2v) is 5.54. The van der Waals surface area contributed by atoms with E-state index in [0.29, 0.717) is 4.47 Å². The lowest BCUT2D eigenvalue weighted by Gasteiger charge is -2.11. The van der Waals surface area contributed by atoms with E-state index < -0.39 is 23.3 Å². The molecule has 0 bridgehead atoms. The van der Waals surface area contributed by atoms with Crippen LogP contribution >= 0.6 is 27.5 Å². The summed E-state index contributed by atoms with van der Waals surface area (Å²) in [4.78, 5) is 12.3. The second kappa shape index (κ2) is 6.33. The van der Waals surface area contributed by atoms with Crippen LogP contribution in [0.15, 0.2) is 40.9 Å². The summed E-state index contributed by atoms with van der Waals surface area (Å²) in [6.45, 7) is 0. The van der Waals surface area contributed by atoms with E-state index in [1.807, 2.05) is 0 Å². The number of nitrogens with zero attached hydrogens (tertiary/aromatic N) is 1. The standard InChI is InChI=1S/C15H7BrClF2NO/c16-8-1-3-11(14(19)5-8)15(21)12(7-20)10-4-2-9(18)6-13(10)17/h1-6,12H. The van der Waals surface area contributed by atoms with Gasteiger partial charge < -0.3 is 0 Å². The van der Waals surface area contributed by atoms with Crippen LogP contribution < -0.4 is 0 Å². The molecule has 0 aliphatic rings. The first-order chi connectivity index (χ1) is 9.93. The van der Waals surface area contributed by atoms with Crippen LogP contribution in [-0.2, 0) is 0 Å². The van der Waals surface area contributed by atoms with Gasteiger partial charge in [-0.05, 0) is 35.9 Å². The molecule has 0 spiro atoms. The lowest BCUT2D eigenvalue weighted by Crippen LogP contribution is -2.13. The SMILES string of the molecule is N#CC(C(=O)c1ccc(Br)cc1F)c1ccc(F)cc1Cl. The van der Waals surface area contributed by atoms with Gasteiger partial charge in [-0.1, -0.05) is 33.6 Å². The number of halogens is 4. The second-order valence-electron chi connectivity index (χ2n) is 4.22. The number of rotatable bonds is 3. The molecule has 1 unspecified atom stereocenters. The van der Waals surface area contributed by atoms with Crippen molar-refractivity contribution in [2.24, 2.45) is 0 Å². The van der Waals surface area contributed by atoms with Crippen molar-refractivity contribution in [3.05, 3.63) is 68.7 Å². The van der Waals surface area contributed by atoms with Gasteiger partial charge >= 0.3 is 0 Å². The first-order valence-electron chi connectivity index (χ1n) is 5.78. The Balaban J connectivity index is 2.46. The Labute approximate surface area is 133 Å². The van der Waals surface area contributed by atoms with Gasteiger partial charge in [0.05, 0.1) is 11.6 Å². The van der Waals surface area contributed by atoms with E-state index in [1.165, 1.54) is 18.2 Å². The molecule has 0 N–H and O–H groups in total. The Morgan fingerprint density at radius 2 is 1.95 bits per heavy atom. The molecule has 0 aromatic heterocycles. The van der Waals surface area contributed by atoms with E-state index in [1.54, 1.807) is 6.07 Å². The average Bonchev–Trinajstić information content (AvgIpc) is 2.41. The van der Waals surface area contributed by atoms with E-state index in [0.717, 1.165) is 18.2 Å². The number of Topliss-reactive ketones (excluding diaryl/α,β-unsaturated/α-hetero) is 1. The summed E-state index contributed by atoms with van der Waals surface area (Å²) in [5, 5.41) is 9.15. The molecule has 0 radical (unpaired) electrons. The Bertz CT molecular complexity index is 758. The number of ketones is 1. The Morgan fingerprint density at radius 3 is 2.52 bits per heavy atom. The van der Waals surface area contributed by atoms with Crippen LogP contribution in [0, 0.1) is 23.0 Å². The minimum Gasteiger partial charge on any atom is -0.292 e. The van der Waals surface area contributed by atoms with Crippen molar-refractivity contribution in [2.45, 2.75) is 5.92 Å². The fourth-order valence-corrected chi connectivity index (χ4v) is 2.46. The molecule has 106 valence electrons. The summed E-state index contributed by atoms with van der Waals surface area (Å²) >= 11 is 8.94. The van der Waals surface area contributed by atoms with Gasteiger partial charge in [-0.15, -0.1) is 0 Å². The van der Waals surface area contributed by atoms with Gasteiger partial charge in [-0.3, -0.25) is 4.79 Å². The van der Waals surface area contributed by atoms with Crippen molar-refractivity contribution in [2.75, 3.05) is 0 Å². The van der Waals surface area contributed by atoms with Gasteiger partial charge in [0.2, 0.25) is 0 Å². The van der Waals surface area contributed by atoms with E-state index >= 15 is 0 Å². The molecule has 2 nitrogen and oxygen atoms in total. The summed E-state index contributed by atoms with van der Waals surface area (Å²) in [7, 11) is 0. The van der Waals surface area contributed by atoms with Crippen LogP contribution in [0.4, 0.5) is 8.78 Å². The van der Waals surface area contributed by atoms with Crippen molar-refractivity contribution in [3.8, 4) is 6.07 Å². The Morgan fingerprint density at radius 1 is 1.24 bits per heavy atom. The van der Waals surface area contributed by atoms with Crippen molar-refractivity contribution in [1.29, 1.82) is 5.26 Å². The van der Waals surface area contributed by atoms with E-state index in [-0.39, 0.29) is 16.1 Å². The normalized spacial score (nSPS) is 11.8. The van der Waals surface area contributed by atoms with E-state index in [2.05, 4.69) is 15.9 Å². The fraction of sp³-hybridized carbons (Fsp3) is 0.0667. The smallest absolute Gasteiger partial charge is 0.187 e. The van der Waals surface area contributed by atoms with Gasteiger partial charge in [-0.25, -0.2) is 8.78 Å². The number of carbonyl (C=O) groups is 1. The van der Waals surface area contributed by atoms with Crippen LogP contribution in [0.1, 0.15) is 21.8 Å². The fourth-order valence-electron chi connectivity index (χ4n) is 1.85. The molecular formula is C15H7BrClF2NO. The molecule has 21 heavy (non-hydrogen) atoms. The van der Waals surface area contributed by atoms with Gasteiger partial charge in [0.25, 0.3) is 0 Å². The number of carbonyl (C=O) groups excluding carboxylic acids is 1. The minimum atomic E-state index is -1.30. The highest BCUT2D eigenvalue weighted by atomic mass is 79.9. The number of benzene rings is 2. The molecule has 2 rings (SSSR count). The van der Waals surface area contributed by atoms with Crippen molar-refractivity contribution in [3.63, 3.8) is 0 Å². The average molecular weight is 371 g/mol. The summed E-state index contributed by atoms with van der Waals surface area (Å²) in [6.07, 6.45) is 0. The highest BCUT2D eigenvalue weighted by Crippen LogP contribution is 2.29. The maximum atomic E-state index is 13.8. The molecule has 2 aromatic carbocycles. The van der Waals surface area contributed by atoms with Gasteiger partial charge in [0.15, 0.2) is 5.78 Å². The largest absolute Gasteiger partial charge is 0.292 e. The lowest BCUT2D eigenvalue weighted by molar-refractivity contribution is 0.0975. The molecule has 0 aliphatic carbocycles. The predicted octanol–water partition coefficient (Wildman–Crippen LogP) is 4.87. The Hall–Kier alpha value is -1.77. The Kier molecular flexibility index (Phi) is 4.71. The molecule has 1 atom stereocenters.